The Morgan fingerprint density at radius 1 is 1.79 bits per heavy atom. The molecule has 1 atom stereocenters. The summed E-state index contributed by atoms with van der Waals surface area (Å²) >= 11 is 0. The molecule has 72 valence electrons. The van der Waals surface area contributed by atoms with E-state index < -0.39 is 12.0 Å². The van der Waals surface area contributed by atoms with Crippen LogP contribution >= 0.6 is 0 Å². The Morgan fingerprint density at radius 3 is 3.07 bits per heavy atom. The number of rotatable bonds is 3. The van der Waals surface area contributed by atoms with Gasteiger partial charge in [0.05, 0.1) is 18.1 Å². The molecule has 0 saturated carbocycles. The number of aromatic nitrogens is 1. The van der Waals surface area contributed by atoms with Crippen LogP contribution in [0.3, 0.4) is 0 Å². The first-order valence-electron chi connectivity index (χ1n) is 3.96. The number of hydrogen-bond acceptors (Lipinski definition) is 4. The maximum Gasteiger partial charge on any atom is 0.305 e. The third-order valence-corrected chi connectivity index (χ3v) is 1.77. The average molecular weight is 191 g/mol. The molecule has 1 aromatic rings. The minimum absolute atomic E-state index is 0.208. The maximum absolute atomic E-state index is 10.4. The quantitative estimate of drug-likeness (QED) is 0.721. The van der Waals surface area contributed by atoms with Crippen LogP contribution in [0, 0.1) is 11.3 Å². The summed E-state index contributed by atoms with van der Waals surface area (Å²) in [5.74, 6) is -0.995. The SMILES string of the molecule is N#Cc1ccncc1[C@@H](N)CC(=O)O. The number of aliphatic carboxylic acids is 1. The van der Waals surface area contributed by atoms with Crippen molar-refractivity contribution in [2.75, 3.05) is 0 Å². The second-order valence-electron chi connectivity index (χ2n) is 2.78. The van der Waals surface area contributed by atoms with Crippen molar-refractivity contribution in [2.24, 2.45) is 5.73 Å². The molecule has 14 heavy (non-hydrogen) atoms. The molecule has 0 bridgehead atoms. The van der Waals surface area contributed by atoms with E-state index in [4.69, 9.17) is 16.1 Å². The summed E-state index contributed by atoms with van der Waals surface area (Å²) in [6, 6.07) is 2.76. The fourth-order valence-electron chi connectivity index (χ4n) is 1.10. The molecular weight excluding hydrogens is 182 g/mol. The van der Waals surface area contributed by atoms with E-state index in [-0.39, 0.29) is 6.42 Å². The first kappa shape index (κ1) is 10.2. The fraction of sp³-hybridized carbons (Fsp3) is 0.222. The highest BCUT2D eigenvalue weighted by molar-refractivity contribution is 5.68. The highest BCUT2D eigenvalue weighted by atomic mass is 16.4. The molecule has 1 aromatic heterocycles. The Labute approximate surface area is 80.8 Å². The summed E-state index contributed by atoms with van der Waals surface area (Å²) in [5.41, 5.74) is 6.44. The zero-order valence-electron chi connectivity index (χ0n) is 7.34. The van der Waals surface area contributed by atoms with Gasteiger partial charge in [-0.25, -0.2) is 0 Å². The minimum Gasteiger partial charge on any atom is -0.481 e. The molecule has 0 aliphatic rings. The van der Waals surface area contributed by atoms with Crippen LogP contribution in [0.15, 0.2) is 18.5 Å². The highest BCUT2D eigenvalue weighted by Crippen LogP contribution is 2.16. The van der Waals surface area contributed by atoms with Gasteiger partial charge < -0.3 is 10.8 Å². The van der Waals surface area contributed by atoms with Gasteiger partial charge in [-0.3, -0.25) is 9.78 Å². The molecule has 0 radical (unpaired) electrons. The van der Waals surface area contributed by atoms with Crippen LogP contribution in [0.25, 0.3) is 0 Å². The van der Waals surface area contributed by atoms with Gasteiger partial charge in [-0.05, 0) is 6.07 Å². The molecule has 0 amide bonds. The number of carbonyl (C=O) groups is 1. The number of pyridine rings is 1. The lowest BCUT2D eigenvalue weighted by atomic mass is 10.0. The van der Waals surface area contributed by atoms with Crippen molar-refractivity contribution in [1.82, 2.24) is 4.98 Å². The van der Waals surface area contributed by atoms with Gasteiger partial charge in [0.2, 0.25) is 0 Å². The molecule has 0 aliphatic carbocycles. The summed E-state index contributed by atoms with van der Waals surface area (Å²) in [4.78, 5) is 14.2. The number of carboxylic acids is 1. The number of nitriles is 1. The van der Waals surface area contributed by atoms with Crippen LogP contribution in [-0.2, 0) is 4.79 Å². The third-order valence-electron chi connectivity index (χ3n) is 1.77. The van der Waals surface area contributed by atoms with Gasteiger partial charge in [0.25, 0.3) is 0 Å². The van der Waals surface area contributed by atoms with Gasteiger partial charge in [-0.15, -0.1) is 0 Å². The Hall–Kier alpha value is -1.93. The van der Waals surface area contributed by atoms with Crippen molar-refractivity contribution in [3.05, 3.63) is 29.6 Å². The lowest BCUT2D eigenvalue weighted by Crippen LogP contribution is -2.16. The largest absolute Gasteiger partial charge is 0.481 e. The zero-order chi connectivity index (χ0) is 10.6. The molecule has 5 heteroatoms. The lowest BCUT2D eigenvalue weighted by Gasteiger charge is -2.09. The van der Waals surface area contributed by atoms with E-state index in [0.717, 1.165) is 0 Å². The summed E-state index contributed by atoms with van der Waals surface area (Å²) in [6.45, 7) is 0. The Kier molecular flexibility index (Phi) is 3.15. The molecule has 0 saturated heterocycles. The molecule has 3 N–H and O–H groups in total. The monoisotopic (exact) mass is 191 g/mol. The van der Waals surface area contributed by atoms with Crippen molar-refractivity contribution in [2.45, 2.75) is 12.5 Å². The van der Waals surface area contributed by atoms with E-state index in [1.54, 1.807) is 0 Å². The van der Waals surface area contributed by atoms with Crippen molar-refractivity contribution in [1.29, 1.82) is 5.26 Å². The smallest absolute Gasteiger partial charge is 0.305 e. The van der Waals surface area contributed by atoms with Crippen molar-refractivity contribution in [3.63, 3.8) is 0 Å². The normalized spacial score (nSPS) is 11.7. The van der Waals surface area contributed by atoms with Crippen LogP contribution in [0.4, 0.5) is 0 Å². The first-order chi connectivity index (χ1) is 6.65. The lowest BCUT2D eigenvalue weighted by molar-refractivity contribution is -0.137. The van der Waals surface area contributed by atoms with Crippen LogP contribution in [-0.4, -0.2) is 16.1 Å². The molecular formula is C9H9N3O2. The topological polar surface area (TPSA) is 100 Å². The molecule has 5 nitrogen and oxygen atoms in total. The van der Waals surface area contributed by atoms with E-state index >= 15 is 0 Å². The summed E-state index contributed by atoms with van der Waals surface area (Å²) in [6.07, 6.45) is 2.68. The molecule has 0 aliphatic heterocycles. The summed E-state index contributed by atoms with van der Waals surface area (Å²) < 4.78 is 0. The Balaban J connectivity index is 2.95. The number of carboxylic acid groups (broad SMARTS) is 1. The highest BCUT2D eigenvalue weighted by Gasteiger charge is 2.14. The Morgan fingerprint density at radius 2 is 2.50 bits per heavy atom. The number of nitrogens with two attached hydrogens (primary N) is 1. The molecule has 1 heterocycles. The number of hydrogen-bond donors (Lipinski definition) is 2. The van der Waals surface area contributed by atoms with Crippen molar-refractivity contribution in [3.8, 4) is 6.07 Å². The molecule has 0 aromatic carbocycles. The predicted molar refractivity (Wildman–Crippen MR) is 48.1 cm³/mol. The fourth-order valence-corrected chi connectivity index (χ4v) is 1.10. The van der Waals surface area contributed by atoms with E-state index in [1.807, 2.05) is 6.07 Å². The molecule has 0 fully saturated rings. The second-order valence-corrected chi connectivity index (χ2v) is 2.78. The average Bonchev–Trinajstić information content (AvgIpc) is 2.16. The number of nitrogens with zero attached hydrogens (tertiary/aromatic N) is 2. The third kappa shape index (κ3) is 2.28. The van der Waals surface area contributed by atoms with Crippen LogP contribution < -0.4 is 5.73 Å². The van der Waals surface area contributed by atoms with Crippen LogP contribution in [0.5, 0.6) is 0 Å². The van der Waals surface area contributed by atoms with E-state index in [9.17, 15) is 4.79 Å². The van der Waals surface area contributed by atoms with Crippen molar-refractivity contribution >= 4 is 5.97 Å². The molecule has 1 rings (SSSR count). The van der Waals surface area contributed by atoms with Crippen LogP contribution in [0.2, 0.25) is 0 Å². The van der Waals surface area contributed by atoms with Gasteiger partial charge >= 0.3 is 5.97 Å². The van der Waals surface area contributed by atoms with E-state index in [2.05, 4.69) is 4.98 Å². The standard InChI is InChI=1S/C9H9N3O2/c10-4-6-1-2-12-5-7(6)8(11)3-9(13)14/h1-2,5,8H,3,11H2,(H,13,14)/t8-/m0/s1. The van der Waals surface area contributed by atoms with Crippen LogP contribution in [0.1, 0.15) is 23.6 Å². The first-order valence-corrected chi connectivity index (χ1v) is 3.96. The van der Waals surface area contributed by atoms with E-state index in [1.165, 1.54) is 18.5 Å². The minimum atomic E-state index is -0.995. The van der Waals surface area contributed by atoms with Gasteiger partial charge in [0, 0.05) is 24.0 Å². The van der Waals surface area contributed by atoms with Gasteiger partial charge in [0.1, 0.15) is 0 Å². The molecule has 0 spiro atoms. The van der Waals surface area contributed by atoms with Crippen molar-refractivity contribution < 1.29 is 9.90 Å². The molecule has 0 unspecified atom stereocenters. The summed E-state index contributed by atoms with van der Waals surface area (Å²) in [5, 5.41) is 17.2. The zero-order valence-corrected chi connectivity index (χ0v) is 7.34. The Bertz CT molecular complexity index is 384. The second kappa shape index (κ2) is 4.35. The van der Waals surface area contributed by atoms with Gasteiger partial charge in [0.15, 0.2) is 0 Å². The van der Waals surface area contributed by atoms with Gasteiger partial charge in [-0.2, -0.15) is 5.26 Å². The van der Waals surface area contributed by atoms with Gasteiger partial charge in [-0.1, -0.05) is 0 Å². The van der Waals surface area contributed by atoms with E-state index in [0.29, 0.717) is 11.1 Å². The predicted octanol–water partition coefficient (Wildman–Crippen LogP) is 0.428. The maximum atomic E-state index is 10.4. The summed E-state index contributed by atoms with van der Waals surface area (Å²) in [7, 11) is 0.